The summed E-state index contributed by atoms with van der Waals surface area (Å²) in [6.45, 7) is 13.7. The van der Waals surface area contributed by atoms with E-state index in [4.69, 9.17) is 0 Å². The largest absolute Gasteiger partial charge is 0.347 e. The minimum Gasteiger partial charge on any atom is -0.347 e. The smallest absolute Gasteiger partial charge is 0.210 e. The van der Waals surface area contributed by atoms with Gasteiger partial charge in [0.05, 0.1) is 5.41 Å². The minimum absolute atomic E-state index is 0. The standard InChI is InChI=1S/C31H35N2.2CH4/c1-20-12-15-23-22(18-20)14-17-26-29(23)31(5,6)28(33(26)8)11-9-10-27-30(3,4)24-19-21(2)13-16-25(24)32(27)7;;/h9-19H,1-8H3;2*1H4/q+1;;. The molecule has 5 rings (SSSR count). The molecule has 0 radical (unpaired) electrons. The highest BCUT2D eigenvalue weighted by molar-refractivity contribution is 6.07. The number of hydrogen-bond acceptors (Lipinski definition) is 1. The number of benzene rings is 3. The molecule has 0 N–H and O–H groups in total. The van der Waals surface area contributed by atoms with Crippen molar-refractivity contribution in [3.63, 3.8) is 0 Å². The van der Waals surface area contributed by atoms with E-state index < -0.39 is 0 Å². The molecule has 3 aromatic carbocycles. The van der Waals surface area contributed by atoms with Crippen LogP contribution in [0.25, 0.3) is 10.8 Å². The Bertz CT molecular complexity index is 1400. The second-order valence-corrected chi connectivity index (χ2v) is 10.9. The molecule has 184 valence electrons. The molecule has 0 saturated heterocycles. The van der Waals surface area contributed by atoms with Crippen molar-refractivity contribution in [1.29, 1.82) is 0 Å². The van der Waals surface area contributed by atoms with Gasteiger partial charge in [0.1, 0.15) is 7.05 Å². The lowest BCUT2D eigenvalue weighted by Gasteiger charge is -2.23. The van der Waals surface area contributed by atoms with E-state index in [-0.39, 0.29) is 25.7 Å². The number of anilines is 1. The van der Waals surface area contributed by atoms with Crippen molar-refractivity contribution >= 4 is 27.9 Å². The Morgan fingerprint density at radius 2 is 1.49 bits per heavy atom. The van der Waals surface area contributed by atoms with Crippen LogP contribution in [0.5, 0.6) is 0 Å². The molecular formula is C33H43N2+. The van der Waals surface area contributed by atoms with E-state index in [2.05, 4.69) is 132 Å². The molecule has 0 spiro atoms. The summed E-state index contributed by atoms with van der Waals surface area (Å²) >= 11 is 0. The van der Waals surface area contributed by atoms with Crippen LogP contribution in [0.1, 0.15) is 64.8 Å². The van der Waals surface area contributed by atoms with Gasteiger partial charge in [0.15, 0.2) is 5.71 Å². The van der Waals surface area contributed by atoms with Crippen LogP contribution in [-0.2, 0) is 10.8 Å². The molecule has 2 heterocycles. The van der Waals surface area contributed by atoms with Crippen molar-refractivity contribution in [3.8, 4) is 0 Å². The predicted octanol–water partition coefficient (Wildman–Crippen LogP) is 8.60. The third-order valence-electron chi connectivity index (χ3n) is 7.84. The number of rotatable bonds is 2. The van der Waals surface area contributed by atoms with E-state index in [1.165, 1.54) is 55.8 Å². The Balaban J connectivity index is 0.00000171. The van der Waals surface area contributed by atoms with E-state index in [1.807, 2.05) is 0 Å². The molecule has 0 atom stereocenters. The Morgan fingerprint density at radius 3 is 2.20 bits per heavy atom. The highest BCUT2D eigenvalue weighted by atomic mass is 15.2. The van der Waals surface area contributed by atoms with Crippen molar-refractivity contribution in [3.05, 3.63) is 94.7 Å². The van der Waals surface area contributed by atoms with E-state index in [0.29, 0.717) is 0 Å². The molecule has 35 heavy (non-hydrogen) atoms. The fourth-order valence-corrected chi connectivity index (χ4v) is 6.05. The summed E-state index contributed by atoms with van der Waals surface area (Å²) in [5, 5.41) is 2.68. The monoisotopic (exact) mass is 467 g/mol. The Morgan fingerprint density at radius 1 is 0.829 bits per heavy atom. The predicted molar refractivity (Wildman–Crippen MR) is 156 cm³/mol. The molecule has 0 fully saturated rings. The van der Waals surface area contributed by atoms with Crippen LogP contribution < -0.4 is 4.90 Å². The zero-order valence-electron chi connectivity index (χ0n) is 21.2. The molecule has 2 heteroatoms. The second kappa shape index (κ2) is 8.82. The molecule has 0 saturated carbocycles. The number of fused-ring (bicyclic) bond motifs is 4. The first-order valence-corrected chi connectivity index (χ1v) is 11.9. The van der Waals surface area contributed by atoms with Gasteiger partial charge in [0.25, 0.3) is 0 Å². The number of allylic oxidation sites excluding steroid dienone is 4. The van der Waals surface area contributed by atoms with Gasteiger partial charge in [-0.1, -0.05) is 76.2 Å². The number of nitrogens with zero attached hydrogens (tertiary/aromatic N) is 2. The maximum absolute atomic E-state index is 2.37. The zero-order chi connectivity index (χ0) is 23.7. The van der Waals surface area contributed by atoms with Gasteiger partial charge < -0.3 is 4.90 Å². The van der Waals surface area contributed by atoms with Gasteiger partial charge in [-0.25, -0.2) is 0 Å². The van der Waals surface area contributed by atoms with Crippen LogP contribution in [0.3, 0.4) is 0 Å². The lowest BCUT2D eigenvalue weighted by atomic mass is 9.78. The van der Waals surface area contributed by atoms with Gasteiger partial charge in [0.2, 0.25) is 5.69 Å². The third-order valence-corrected chi connectivity index (χ3v) is 7.84. The fraction of sp³-hybridized carbons (Fsp3) is 0.364. The van der Waals surface area contributed by atoms with Gasteiger partial charge in [-0.15, -0.1) is 0 Å². The lowest BCUT2D eigenvalue weighted by molar-refractivity contribution is -0.401. The summed E-state index contributed by atoms with van der Waals surface area (Å²) in [4.78, 5) is 2.35. The summed E-state index contributed by atoms with van der Waals surface area (Å²) in [7, 11) is 4.38. The molecule has 3 aromatic rings. The summed E-state index contributed by atoms with van der Waals surface area (Å²) in [6, 6.07) is 18.2. The molecule has 0 aromatic heterocycles. The van der Waals surface area contributed by atoms with Crippen molar-refractivity contribution < 1.29 is 4.58 Å². The normalized spacial score (nSPS) is 18.6. The Labute approximate surface area is 213 Å². The molecule has 2 aliphatic rings. The second-order valence-electron chi connectivity index (χ2n) is 10.9. The summed E-state index contributed by atoms with van der Waals surface area (Å²) in [5.74, 6) is 0. The topological polar surface area (TPSA) is 6.25 Å². The van der Waals surface area contributed by atoms with E-state index in [9.17, 15) is 0 Å². The van der Waals surface area contributed by atoms with Crippen LogP contribution in [0, 0.1) is 13.8 Å². The van der Waals surface area contributed by atoms with Gasteiger partial charge >= 0.3 is 0 Å². The first-order chi connectivity index (χ1) is 15.5. The van der Waals surface area contributed by atoms with Gasteiger partial charge in [0, 0.05) is 41.6 Å². The van der Waals surface area contributed by atoms with Crippen LogP contribution >= 0.6 is 0 Å². The van der Waals surface area contributed by atoms with Crippen LogP contribution in [0.2, 0.25) is 0 Å². The highest BCUT2D eigenvalue weighted by Gasteiger charge is 2.44. The summed E-state index contributed by atoms with van der Waals surface area (Å²) in [5.41, 5.74) is 10.7. The molecule has 0 aliphatic carbocycles. The molecule has 0 amide bonds. The van der Waals surface area contributed by atoms with Crippen molar-refractivity contribution in [2.45, 2.75) is 67.2 Å². The minimum atomic E-state index is -0.0645. The van der Waals surface area contributed by atoms with E-state index in [1.54, 1.807) is 0 Å². The van der Waals surface area contributed by atoms with Gasteiger partial charge in [-0.3, -0.25) is 0 Å². The summed E-state index contributed by atoms with van der Waals surface area (Å²) < 4.78 is 2.37. The molecule has 2 nitrogen and oxygen atoms in total. The van der Waals surface area contributed by atoms with Crippen LogP contribution in [0.15, 0.2) is 72.5 Å². The number of likely N-dealkylation sites (N-methyl/N-ethyl adjacent to an activating group) is 1. The van der Waals surface area contributed by atoms with Crippen molar-refractivity contribution in [2.75, 3.05) is 19.0 Å². The van der Waals surface area contributed by atoms with Crippen molar-refractivity contribution in [2.24, 2.45) is 0 Å². The zero-order valence-corrected chi connectivity index (χ0v) is 21.2. The number of aryl methyl sites for hydroxylation is 2. The first kappa shape index (κ1) is 26.5. The molecule has 2 aliphatic heterocycles. The molecular weight excluding hydrogens is 424 g/mol. The van der Waals surface area contributed by atoms with Gasteiger partial charge in [-0.2, -0.15) is 4.58 Å². The van der Waals surface area contributed by atoms with E-state index >= 15 is 0 Å². The SMILES string of the molecule is C.C.Cc1ccc2c(c1)C(C)(C)C(=CC=CC1=[N+](C)c3ccc4cc(C)ccc4c3C1(C)C)N2C. The quantitative estimate of drug-likeness (QED) is 0.342. The third kappa shape index (κ3) is 3.84. The lowest BCUT2D eigenvalue weighted by Crippen LogP contribution is -2.27. The first-order valence-electron chi connectivity index (χ1n) is 11.9. The van der Waals surface area contributed by atoms with Crippen LogP contribution in [0.4, 0.5) is 11.4 Å². The number of hydrogen-bond donors (Lipinski definition) is 0. The fourth-order valence-electron chi connectivity index (χ4n) is 6.05. The molecule has 0 unspecified atom stereocenters. The maximum Gasteiger partial charge on any atom is 0.210 e. The average Bonchev–Trinajstić information content (AvgIpc) is 3.07. The highest BCUT2D eigenvalue weighted by Crippen LogP contribution is 2.47. The van der Waals surface area contributed by atoms with Gasteiger partial charge in [-0.05, 0) is 62.2 Å². The maximum atomic E-state index is 2.37. The average molecular weight is 468 g/mol. The molecule has 0 bridgehead atoms. The Hall–Kier alpha value is -3.13. The van der Waals surface area contributed by atoms with E-state index in [0.717, 1.165) is 0 Å². The van der Waals surface area contributed by atoms with Crippen molar-refractivity contribution in [1.82, 2.24) is 0 Å². The van der Waals surface area contributed by atoms with Crippen LogP contribution in [-0.4, -0.2) is 24.4 Å². The Kier molecular flexibility index (Phi) is 6.67. The summed E-state index contributed by atoms with van der Waals surface area (Å²) in [6.07, 6.45) is 6.86.